The highest BCUT2D eigenvalue weighted by molar-refractivity contribution is 5.98. The molecule has 0 atom stereocenters. The van der Waals surface area contributed by atoms with Crippen LogP contribution < -0.4 is 15.4 Å². The lowest BCUT2D eigenvalue weighted by Gasteiger charge is -2.18. The van der Waals surface area contributed by atoms with Gasteiger partial charge in [0.15, 0.2) is 6.61 Å². The van der Waals surface area contributed by atoms with E-state index in [1.54, 1.807) is 24.4 Å². The first-order valence-electron chi connectivity index (χ1n) is 8.57. The lowest BCUT2D eigenvalue weighted by molar-refractivity contribution is -0.118. The molecule has 4 rings (SSSR count). The third kappa shape index (κ3) is 3.98. The molecule has 0 radical (unpaired) electrons. The van der Waals surface area contributed by atoms with E-state index in [0.29, 0.717) is 30.1 Å². The maximum atomic E-state index is 12.4. The SMILES string of the molecule is O=C1COc2cc(C(=O)NCc3ccc(Cn4cccn4)cc3)ccc2N1. The quantitative estimate of drug-likeness (QED) is 0.729. The van der Waals surface area contributed by atoms with Gasteiger partial charge < -0.3 is 15.4 Å². The van der Waals surface area contributed by atoms with E-state index in [9.17, 15) is 9.59 Å². The smallest absolute Gasteiger partial charge is 0.262 e. The number of carbonyl (C=O) groups excluding carboxylic acids is 2. The van der Waals surface area contributed by atoms with Gasteiger partial charge in [-0.25, -0.2) is 0 Å². The van der Waals surface area contributed by atoms with Crippen LogP contribution in [0, 0.1) is 0 Å². The number of nitrogens with zero attached hydrogens (tertiary/aromatic N) is 2. The number of fused-ring (bicyclic) bond motifs is 1. The summed E-state index contributed by atoms with van der Waals surface area (Å²) in [5.74, 6) is 0.111. The second-order valence-electron chi connectivity index (χ2n) is 6.25. The van der Waals surface area contributed by atoms with Gasteiger partial charge in [0.25, 0.3) is 11.8 Å². The first-order chi connectivity index (χ1) is 13.2. The third-order valence-electron chi connectivity index (χ3n) is 4.26. The van der Waals surface area contributed by atoms with Crippen molar-refractivity contribution < 1.29 is 14.3 Å². The summed E-state index contributed by atoms with van der Waals surface area (Å²) in [6.07, 6.45) is 3.67. The molecule has 2 N–H and O–H groups in total. The lowest BCUT2D eigenvalue weighted by Crippen LogP contribution is -2.26. The molecule has 0 spiro atoms. The van der Waals surface area contributed by atoms with Crippen LogP contribution in [0.3, 0.4) is 0 Å². The van der Waals surface area contributed by atoms with Crippen molar-refractivity contribution in [3.63, 3.8) is 0 Å². The van der Waals surface area contributed by atoms with E-state index < -0.39 is 0 Å². The Kier molecular flexibility index (Phi) is 4.57. The van der Waals surface area contributed by atoms with Crippen molar-refractivity contribution in [3.05, 3.63) is 77.6 Å². The molecule has 2 amide bonds. The second kappa shape index (κ2) is 7.33. The number of aromatic nitrogens is 2. The van der Waals surface area contributed by atoms with Crippen LogP contribution in [0.25, 0.3) is 0 Å². The Morgan fingerprint density at radius 2 is 2.00 bits per heavy atom. The molecule has 1 aliphatic heterocycles. The minimum Gasteiger partial charge on any atom is -0.482 e. The van der Waals surface area contributed by atoms with Crippen molar-refractivity contribution in [3.8, 4) is 5.75 Å². The normalized spacial score (nSPS) is 12.7. The number of benzene rings is 2. The molecule has 27 heavy (non-hydrogen) atoms. The monoisotopic (exact) mass is 362 g/mol. The van der Waals surface area contributed by atoms with E-state index in [1.165, 1.54) is 0 Å². The van der Waals surface area contributed by atoms with Gasteiger partial charge in [0.05, 0.1) is 12.2 Å². The number of hydrogen-bond donors (Lipinski definition) is 2. The Balaban J connectivity index is 1.35. The largest absolute Gasteiger partial charge is 0.482 e. The average Bonchev–Trinajstić information content (AvgIpc) is 3.20. The van der Waals surface area contributed by atoms with Gasteiger partial charge in [0.1, 0.15) is 5.75 Å². The van der Waals surface area contributed by atoms with Gasteiger partial charge in [0, 0.05) is 24.5 Å². The Morgan fingerprint density at radius 3 is 2.78 bits per heavy atom. The summed E-state index contributed by atoms with van der Waals surface area (Å²) in [4.78, 5) is 23.7. The molecule has 7 nitrogen and oxygen atoms in total. The molecule has 136 valence electrons. The molecule has 1 aliphatic rings. The van der Waals surface area contributed by atoms with E-state index in [-0.39, 0.29) is 18.4 Å². The van der Waals surface area contributed by atoms with Gasteiger partial charge in [-0.05, 0) is 35.4 Å². The minimum atomic E-state index is -0.198. The van der Waals surface area contributed by atoms with Gasteiger partial charge >= 0.3 is 0 Å². The summed E-state index contributed by atoms with van der Waals surface area (Å²) < 4.78 is 7.20. The van der Waals surface area contributed by atoms with Gasteiger partial charge in [-0.1, -0.05) is 24.3 Å². The van der Waals surface area contributed by atoms with Crippen molar-refractivity contribution >= 4 is 17.5 Å². The molecule has 0 unspecified atom stereocenters. The maximum absolute atomic E-state index is 12.4. The van der Waals surface area contributed by atoms with E-state index in [0.717, 1.165) is 11.1 Å². The Bertz CT molecular complexity index is 965. The van der Waals surface area contributed by atoms with Gasteiger partial charge in [-0.15, -0.1) is 0 Å². The number of nitrogens with one attached hydrogen (secondary N) is 2. The van der Waals surface area contributed by atoms with E-state index in [4.69, 9.17) is 4.74 Å². The van der Waals surface area contributed by atoms with Crippen LogP contribution in [-0.4, -0.2) is 28.2 Å². The minimum absolute atomic E-state index is 0.0387. The van der Waals surface area contributed by atoms with E-state index in [2.05, 4.69) is 15.7 Å². The Hall–Kier alpha value is -3.61. The van der Waals surface area contributed by atoms with Gasteiger partial charge in [-0.3, -0.25) is 14.3 Å². The molecule has 1 aromatic heterocycles. The van der Waals surface area contributed by atoms with Crippen LogP contribution in [0.2, 0.25) is 0 Å². The molecular weight excluding hydrogens is 344 g/mol. The Morgan fingerprint density at radius 1 is 1.19 bits per heavy atom. The molecule has 0 saturated carbocycles. The van der Waals surface area contributed by atoms with Crippen LogP contribution in [0.5, 0.6) is 5.75 Å². The van der Waals surface area contributed by atoms with Crippen LogP contribution in [0.4, 0.5) is 5.69 Å². The summed E-state index contributed by atoms with van der Waals surface area (Å²) in [6.45, 7) is 1.10. The zero-order valence-electron chi connectivity index (χ0n) is 14.5. The highest BCUT2D eigenvalue weighted by atomic mass is 16.5. The van der Waals surface area contributed by atoms with E-state index >= 15 is 0 Å². The number of rotatable bonds is 5. The van der Waals surface area contributed by atoms with Crippen molar-refractivity contribution in [1.29, 1.82) is 0 Å². The predicted molar refractivity (Wildman–Crippen MR) is 99.5 cm³/mol. The topological polar surface area (TPSA) is 85.2 Å². The van der Waals surface area contributed by atoms with Gasteiger partial charge in [0.2, 0.25) is 0 Å². The lowest BCUT2D eigenvalue weighted by atomic mass is 10.1. The maximum Gasteiger partial charge on any atom is 0.262 e. The van der Waals surface area contributed by atoms with Crippen LogP contribution in [0.1, 0.15) is 21.5 Å². The van der Waals surface area contributed by atoms with Crippen molar-refractivity contribution in [1.82, 2.24) is 15.1 Å². The van der Waals surface area contributed by atoms with Crippen LogP contribution in [0.15, 0.2) is 60.9 Å². The number of hydrogen-bond acceptors (Lipinski definition) is 4. The first kappa shape index (κ1) is 16.8. The van der Waals surface area contributed by atoms with E-state index in [1.807, 2.05) is 41.2 Å². The highest BCUT2D eigenvalue weighted by Crippen LogP contribution is 2.28. The average molecular weight is 362 g/mol. The molecule has 0 fully saturated rings. The molecule has 7 heteroatoms. The third-order valence-corrected chi connectivity index (χ3v) is 4.26. The molecule has 0 bridgehead atoms. The summed E-state index contributed by atoms with van der Waals surface area (Å²) >= 11 is 0. The summed E-state index contributed by atoms with van der Waals surface area (Å²) in [5, 5.41) is 9.79. The molecular formula is C20H18N4O3. The fraction of sp³-hybridized carbons (Fsp3) is 0.150. The zero-order valence-corrected chi connectivity index (χ0v) is 14.5. The molecule has 2 heterocycles. The van der Waals surface area contributed by atoms with Gasteiger partial charge in [-0.2, -0.15) is 5.10 Å². The van der Waals surface area contributed by atoms with Crippen LogP contribution >= 0.6 is 0 Å². The standard InChI is InChI=1S/C20H18N4O3/c25-19-13-27-18-10-16(6-7-17(18)23-19)20(26)21-11-14-2-4-15(5-3-14)12-24-9-1-8-22-24/h1-10H,11-13H2,(H,21,26)(H,23,25). The van der Waals surface area contributed by atoms with Crippen molar-refractivity contribution in [2.75, 3.05) is 11.9 Å². The van der Waals surface area contributed by atoms with Crippen molar-refractivity contribution in [2.45, 2.75) is 13.1 Å². The Labute approximate surface area is 156 Å². The molecule has 0 aliphatic carbocycles. The number of amides is 2. The first-order valence-corrected chi connectivity index (χ1v) is 8.57. The zero-order chi connectivity index (χ0) is 18.6. The fourth-order valence-electron chi connectivity index (χ4n) is 2.84. The summed E-state index contributed by atoms with van der Waals surface area (Å²) in [7, 11) is 0. The second-order valence-corrected chi connectivity index (χ2v) is 6.25. The molecule has 3 aromatic rings. The number of anilines is 1. The summed E-state index contributed by atoms with van der Waals surface area (Å²) in [5.41, 5.74) is 3.22. The van der Waals surface area contributed by atoms with Crippen LogP contribution in [-0.2, 0) is 17.9 Å². The highest BCUT2D eigenvalue weighted by Gasteiger charge is 2.17. The number of carbonyl (C=O) groups is 2. The van der Waals surface area contributed by atoms with Crippen molar-refractivity contribution in [2.24, 2.45) is 0 Å². The number of ether oxygens (including phenoxy) is 1. The summed E-state index contributed by atoms with van der Waals surface area (Å²) in [6, 6.07) is 14.9. The predicted octanol–water partition coefficient (Wildman–Crippen LogP) is 2.19. The molecule has 2 aromatic carbocycles. The molecule has 0 saturated heterocycles. The fourth-order valence-corrected chi connectivity index (χ4v) is 2.84.